The maximum absolute atomic E-state index is 11.4. The van der Waals surface area contributed by atoms with Gasteiger partial charge in [0.1, 0.15) is 5.75 Å². The lowest BCUT2D eigenvalue weighted by atomic mass is 10.0. The van der Waals surface area contributed by atoms with Gasteiger partial charge >= 0.3 is 0 Å². The van der Waals surface area contributed by atoms with Gasteiger partial charge < -0.3 is 10.1 Å². The molecular formula is C10H11NO2. The van der Waals surface area contributed by atoms with E-state index in [2.05, 4.69) is 5.32 Å². The van der Waals surface area contributed by atoms with E-state index in [1.807, 2.05) is 25.1 Å². The molecule has 0 saturated carbocycles. The number of nitrogens with one attached hydrogen (secondary N) is 1. The van der Waals surface area contributed by atoms with Crippen LogP contribution in [0.1, 0.15) is 28.9 Å². The topological polar surface area (TPSA) is 38.3 Å². The number of hydrogen-bond acceptors (Lipinski definition) is 2. The standard InChI is InChI=1S/C10H11NO2/c1-6-9-7(10(12)11-6)4-3-5-8(9)13-2/h3-6H,1-2H3,(H,11,12). The van der Waals surface area contributed by atoms with Crippen LogP contribution in [0.2, 0.25) is 0 Å². The molecule has 1 aromatic rings. The zero-order valence-electron chi connectivity index (χ0n) is 7.63. The molecule has 1 aromatic carbocycles. The number of carbonyl (C=O) groups is 1. The molecule has 0 aromatic heterocycles. The van der Waals surface area contributed by atoms with Crippen LogP contribution in [-0.4, -0.2) is 13.0 Å². The Morgan fingerprint density at radius 2 is 2.23 bits per heavy atom. The second-order valence-corrected chi connectivity index (χ2v) is 3.12. The summed E-state index contributed by atoms with van der Waals surface area (Å²) in [6, 6.07) is 5.57. The maximum Gasteiger partial charge on any atom is 0.252 e. The van der Waals surface area contributed by atoms with Crippen molar-refractivity contribution in [2.45, 2.75) is 13.0 Å². The molecule has 1 unspecified atom stereocenters. The molecule has 1 heterocycles. The van der Waals surface area contributed by atoms with Crippen molar-refractivity contribution in [1.29, 1.82) is 0 Å². The molecule has 3 heteroatoms. The molecule has 2 rings (SSSR count). The van der Waals surface area contributed by atoms with Gasteiger partial charge in [0.05, 0.1) is 13.2 Å². The van der Waals surface area contributed by atoms with Crippen molar-refractivity contribution in [2.75, 3.05) is 7.11 Å². The van der Waals surface area contributed by atoms with Crippen LogP contribution in [0.4, 0.5) is 0 Å². The highest BCUT2D eigenvalue weighted by Crippen LogP contribution is 2.32. The quantitative estimate of drug-likeness (QED) is 0.706. The van der Waals surface area contributed by atoms with Crippen LogP contribution in [0.25, 0.3) is 0 Å². The van der Waals surface area contributed by atoms with Gasteiger partial charge in [-0.25, -0.2) is 0 Å². The summed E-state index contributed by atoms with van der Waals surface area (Å²) in [5.41, 5.74) is 1.70. The SMILES string of the molecule is COc1cccc2c1C(C)NC2=O. The summed E-state index contributed by atoms with van der Waals surface area (Å²) in [6.07, 6.45) is 0. The minimum atomic E-state index is -0.0126. The Morgan fingerprint density at radius 1 is 1.46 bits per heavy atom. The Bertz CT molecular complexity index is 360. The van der Waals surface area contributed by atoms with E-state index in [0.717, 1.165) is 16.9 Å². The number of amides is 1. The summed E-state index contributed by atoms with van der Waals surface area (Å²) in [5.74, 6) is 0.768. The first-order chi connectivity index (χ1) is 6.24. The lowest BCUT2D eigenvalue weighted by Crippen LogP contribution is -2.16. The van der Waals surface area contributed by atoms with Crippen molar-refractivity contribution in [2.24, 2.45) is 0 Å². The van der Waals surface area contributed by atoms with Crippen molar-refractivity contribution in [3.63, 3.8) is 0 Å². The Hall–Kier alpha value is -1.51. The van der Waals surface area contributed by atoms with E-state index in [-0.39, 0.29) is 11.9 Å². The molecule has 13 heavy (non-hydrogen) atoms. The lowest BCUT2D eigenvalue weighted by molar-refractivity contribution is 0.0958. The van der Waals surface area contributed by atoms with Crippen LogP contribution in [-0.2, 0) is 0 Å². The summed E-state index contributed by atoms with van der Waals surface area (Å²) < 4.78 is 5.18. The van der Waals surface area contributed by atoms with Crippen molar-refractivity contribution >= 4 is 5.91 Å². The molecule has 0 bridgehead atoms. The minimum Gasteiger partial charge on any atom is -0.496 e. The van der Waals surface area contributed by atoms with Crippen LogP contribution in [0.15, 0.2) is 18.2 Å². The van der Waals surface area contributed by atoms with Crippen LogP contribution >= 0.6 is 0 Å². The van der Waals surface area contributed by atoms with Crippen LogP contribution < -0.4 is 10.1 Å². The molecule has 1 N–H and O–H groups in total. The average molecular weight is 177 g/mol. The molecule has 1 aliphatic rings. The third-order valence-corrected chi connectivity index (χ3v) is 2.31. The number of rotatable bonds is 1. The summed E-state index contributed by atoms with van der Waals surface area (Å²) >= 11 is 0. The molecule has 1 amide bonds. The number of benzene rings is 1. The second kappa shape index (κ2) is 2.76. The van der Waals surface area contributed by atoms with Gasteiger partial charge in [-0.15, -0.1) is 0 Å². The van der Waals surface area contributed by atoms with E-state index in [1.165, 1.54) is 0 Å². The zero-order valence-corrected chi connectivity index (χ0v) is 7.63. The number of carbonyl (C=O) groups excluding carboxylic acids is 1. The summed E-state index contributed by atoms with van der Waals surface area (Å²) in [4.78, 5) is 11.4. The number of hydrogen-bond donors (Lipinski definition) is 1. The Labute approximate surface area is 76.7 Å². The predicted octanol–water partition coefficient (Wildman–Crippen LogP) is 1.50. The second-order valence-electron chi connectivity index (χ2n) is 3.12. The van der Waals surface area contributed by atoms with Gasteiger partial charge in [0.2, 0.25) is 0 Å². The van der Waals surface area contributed by atoms with Crippen molar-refractivity contribution < 1.29 is 9.53 Å². The van der Waals surface area contributed by atoms with Crippen molar-refractivity contribution in [3.8, 4) is 5.75 Å². The maximum atomic E-state index is 11.4. The highest BCUT2D eigenvalue weighted by atomic mass is 16.5. The zero-order chi connectivity index (χ0) is 9.42. The molecule has 0 saturated heterocycles. The molecule has 0 radical (unpaired) electrons. The van der Waals surface area contributed by atoms with Gasteiger partial charge in [0.15, 0.2) is 0 Å². The summed E-state index contributed by atoms with van der Waals surface area (Å²) in [6.45, 7) is 1.95. The largest absolute Gasteiger partial charge is 0.496 e. The minimum absolute atomic E-state index is 0.0126. The molecule has 1 aliphatic heterocycles. The molecule has 0 aliphatic carbocycles. The van der Waals surface area contributed by atoms with E-state index in [9.17, 15) is 4.79 Å². The normalized spacial score (nSPS) is 19.5. The highest BCUT2D eigenvalue weighted by Gasteiger charge is 2.27. The van der Waals surface area contributed by atoms with Gasteiger partial charge in [0, 0.05) is 11.1 Å². The number of ether oxygens (including phenoxy) is 1. The van der Waals surface area contributed by atoms with E-state index in [1.54, 1.807) is 7.11 Å². The van der Waals surface area contributed by atoms with Gasteiger partial charge in [0.25, 0.3) is 5.91 Å². The van der Waals surface area contributed by atoms with Crippen molar-refractivity contribution in [1.82, 2.24) is 5.32 Å². The monoisotopic (exact) mass is 177 g/mol. The van der Waals surface area contributed by atoms with Gasteiger partial charge in [-0.3, -0.25) is 4.79 Å². The number of methoxy groups -OCH3 is 1. The fourth-order valence-electron chi connectivity index (χ4n) is 1.71. The fourth-order valence-corrected chi connectivity index (χ4v) is 1.71. The molecule has 3 nitrogen and oxygen atoms in total. The smallest absolute Gasteiger partial charge is 0.252 e. The number of fused-ring (bicyclic) bond motifs is 1. The van der Waals surface area contributed by atoms with E-state index < -0.39 is 0 Å². The Balaban J connectivity index is 2.62. The van der Waals surface area contributed by atoms with E-state index in [0.29, 0.717) is 0 Å². The average Bonchev–Trinajstić information content (AvgIpc) is 2.43. The Morgan fingerprint density at radius 3 is 2.92 bits per heavy atom. The first kappa shape index (κ1) is 8.10. The van der Waals surface area contributed by atoms with Crippen LogP contribution in [0.5, 0.6) is 5.75 Å². The fraction of sp³-hybridized carbons (Fsp3) is 0.300. The summed E-state index contributed by atoms with van der Waals surface area (Å²) in [5, 5.41) is 2.84. The first-order valence-electron chi connectivity index (χ1n) is 4.22. The van der Waals surface area contributed by atoms with Gasteiger partial charge in [-0.1, -0.05) is 6.07 Å². The summed E-state index contributed by atoms with van der Waals surface area (Å²) in [7, 11) is 1.62. The molecule has 68 valence electrons. The molecular weight excluding hydrogens is 166 g/mol. The Kier molecular flexibility index (Phi) is 1.72. The lowest BCUT2D eigenvalue weighted by Gasteiger charge is -2.08. The van der Waals surface area contributed by atoms with Crippen LogP contribution in [0, 0.1) is 0 Å². The van der Waals surface area contributed by atoms with E-state index >= 15 is 0 Å². The van der Waals surface area contributed by atoms with Gasteiger partial charge in [-0.05, 0) is 19.1 Å². The molecule has 1 atom stereocenters. The third kappa shape index (κ3) is 1.08. The highest BCUT2D eigenvalue weighted by molar-refractivity contribution is 5.99. The van der Waals surface area contributed by atoms with Gasteiger partial charge in [-0.2, -0.15) is 0 Å². The van der Waals surface area contributed by atoms with E-state index in [4.69, 9.17) is 4.74 Å². The molecule has 0 spiro atoms. The van der Waals surface area contributed by atoms with Crippen LogP contribution in [0.3, 0.4) is 0 Å². The molecule has 0 fully saturated rings. The van der Waals surface area contributed by atoms with Crippen molar-refractivity contribution in [3.05, 3.63) is 29.3 Å². The third-order valence-electron chi connectivity index (χ3n) is 2.31. The predicted molar refractivity (Wildman–Crippen MR) is 48.9 cm³/mol. The first-order valence-corrected chi connectivity index (χ1v) is 4.22.